The van der Waals surface area contributed by atoms with Crippen molar-refractivity contribution in [2.24, 2.45) is 11.8 Å². The molecule has 41 heavy (non-hydrogen) atoms. The van der Waals surface area contributed by atoms with Crippen LogP contribution in [-0.4, -0.2) is 54.8 Å². The van der Waals surface area contributed by atoms with Gasteiger partial charge >= 0.3 is 0 Å². The number of aromatic nitrogens is 2. The van der Waals surface area contributed by atoms with Crippen molar-refractivity contribution in [3.8, 4) is 16.9 Å². The quantitative estimate of drug-likeness (QED) is 0.347. The van der Waals surface area contributed by atoms with Gasteiger partial charge in [0.2, 0.25) is 11.9 Å². The largest absolute Gasteiger partial charge is 0.496 e. The third kappa shape index (κ3) is 6.89. The van der Waals surface area contributed by atoms with Crippen molar-refractivity contribution >= 4 is 17.5 Å². The molecule has 0 spiro atoms. The van der Waals surface area contributed by atoms with Gasteiger partial charge in [0.05, 0.1) is 13.2 Å². The molecule has 0 atom stereocenters. The van der Waals surface area contributed by atoms with E-state index >= 15 is 0 Å². The van der Waals surface area contributed by atoms with E-state index in [1.165, 1.54) is 11.1 Å². The molecule has 0 saturated heterocycles. The lowest BCUT2D eigenvalue weighted by molar-refractivity contribution is -0.124. The van der Waals surface area contributed by atoms with Gasteiger partial charge in [-0.1, -0.05) is 24.3 Å². The number of nitrogens with zero attached hydrogens (tertiary/aromatic N) is 4. The third-order valence-corrected chi connectivity index (χ3v) is 9.02. The van der Waals surface area contributed by atoms with Crippen LogP contribution in [0.3, 0.4) is 0 Å². The minimum atomic E-state index is -0.280. The summed E-state index contributed by atoms with van der Waals surface area (Å²) in [6.45, 7) is 2.84. The molecule has 7 nitrogen and oxygen atoms in total. The van der Waals surface area contributed by atoms with Gasteiger partial charge in [-0.15, -0.1) is 0 Å². The van der Waals surface area contributed by atoms with Crippen molar-refractivity contribution in [3.05, 3.63) is 66.0 Å². The molecular weight excluding hydrogens is 512 g/mol. The number of amides is 1. The molecule has 3 aromatic rings. The summed E-state index contributed by atoms with van der Waals surface area (Å²) in [6.07, 6.45) is 10.8. The highest BCUT2D eigenvalue weighted by Crippen LogP contribution is 2.39. The number of aryl methyl sites for hydroxylation is 1. The van der Waals surface area contributed by atoms with E-state index in [2.05, 4.69) is 53.3 Å². The zero-order chi connectivity index (χ0) is 28.9. The second kappa shape index (κ2) is 13.0. The fourth-order valence-electron chi connectivity index (χ4n) is 6.51. The Labute approximate surface area is 244 Å². The Kier molecular flexibility index (Phi) is 9.23. The van der Waals surface area contributed by atoms with Crippen LogP contribution in [0.4, 0.5) is 11.6 Å². The van der Waals surface area contributed by atoms with E-state index in [1.54, 1.807) is 7.11 Å². The molecule has 1 N–H and O–H groups in total. The normalized spacial score (nSPS) is 22.7. The van der Waals surface area contributed by atoms with E-state index in [0.717, 1.165) is 67.6 Å². The molecule has 0 bridgehead atoms. The molecule has 1 amide bonds. The smallest absolute Gasteiger partial charge is 0.230 e. The molecule has 0 aliphatic heterocycles. The molecule has 218 valence electrons. The highest BCUT2D eigenvalue weighted by atomic mass is 16.5. The molecule has 7 heteroatoms. The number of aliphatic hydroxyl groups excluding tert-OH is 1. The number of benzene rings is 2. The highest BCUT2D eigenvalue weighted by Gasteiger charge is 2.32. The number of hydrogen-bond acceptors (Lipinski definition) is 6. The molecule has 2 aliphatic rings. The van der Waals surface area contributed by atoms with Gasteiger partial charge in [0, 0.05) is 50.2 Å². The molecule has 0 unspecified atom stereocenters. The summed E-state index contributed by atoms with van der Waals surface area (Å²) >= 11 is 0. The number of methoxy groups -OCH3 is 1. The predicted octanol–water partition coefficient (Wildman–Crippen LogP) is 6.38. The van der Waals surface area contributed by atoms with Gasteiger partial charge in [-0.3, -0.25) is 4.79 Å². The summed E-state index contributed by atoms with van der Waals surface area (Å²) in [5, 5.41) is 10.1. The summed E-state index contributed by atoms with van der Waals surface area (Å²) in [5.74, 6) is 2.77. The zero-order valence-corrected chi connectivity index (χ0v) is 24.9. The van der Waals surface area contributed by atoms with E-state index in [9.17, 15) is 9.90 Å². The Morgan fingerprint density at radius 2 is 1.63 bits per heavy atom. The zero-order valence-electron chi connectivity index (χ0n) is 24.9. The van der Waals surface area contributed by atoms with Crippen LogP contribution in [0, 0.1) is 18.8 Å². The topological polar surface area (TPSA) is 78.8 Å². The van der Waals surface area contributed by atoms with E-state index < -0.39 is 0 Å². The predicted molar refractivity (Wildman–Crippen MR) is 165 cm³/mol. The summed E-state index contributed by atoms with van der Waals surface area (Å²) in [6, 6.07) is 14.8. The van der Waals surface area contributed by atoms with Crippen LogP contribution in [0.1, 0.15) is 68.4 Å². The van der Waals surface area contributed by atoms with Crippen molar-refractivity contribution in [1.82, 2.24) is 9.97 Å². The fraction of sp³-hybridized carbons (Fsp3) is 0.500. The molecule has 0 radical (unpaired) electrons. The van der Waals surface area contributed by atoms with Gasteiger partial charge in [0.25, 0.3) is 0 Å². The van der Waals surface area contributed by atoms with Crippen molar-refractivity contribution in [2.45, 2.75) is 70.3 Å². The minimum Gasteiger partial charge on any atom is -0.496 e. The molecule has 5 rings (SSSR count). The third-order valence-electron chi connectivity index (χ3n) is 9.02. The number of carbonyl (C=O) groups excluding carboxylic acids is 1. The lowest BCUT2D eigenvalue weighted by Gasteiger charge is -2.36. The van der Waals surface area contributed by atoms with Crippen LogP contribution >= 0.6 is 0 Å². The van der Waals surface area contributed by atoms with Crippen LogP contribution in [0.2, 0.25) is 0 Å². The van der Waals surface area contributed by atoms with E-state index in [1.807, 2.05) is 42.4 Å². The monoisotopic (exact) mass is 556 g/mol. The van der Waals surface area contributed by atoms with E-state index in [-0.39, 0.29) is 17.9 Å². The van der Waals surface area contributed by atoms with Crippen molar-refractivity contribution < 1.29 is 14.6 Å². The first-order valence-corrected chi connectivity index (χ1v) is 15.1. The number of rotatable bonds is 8. The van der Waals surface area contributed by atoms with Gasteiger partial charge in [0.1, 0.15) is 5.75 Å². The maximum Gasteiger partial charge on any atom is 0.230 e. The van der Waals surface area contributed by atoms with Crippen molar-refractivity contribution in [2.75, 3.05) is 37.5 Å². The molecule has 2 fully saturated rings. The van der Waals surface area contributed by atoms with Crippen LogP contribution in [-0.2, 0) is 4.79 Å². The number of ether oxygens (including phenoxy) is 1. The Morgan fingerprint density at radius 3 is 2.27 bits per heavy atom. The summed E-state index contributed by atoms with van der Waals surface area (Å²) in [5.41, 5.74) is 5.45. The Hall–Kier alpha value is -3.45. The lowest BCUT2D eigenvalue weighted by Crippen LogP contribution is -2.41. The second-order valence-electron chi connectivity index (χ2n) is 12.1. The highest BCUT2D eigenvalue weighted by molar-refractivity contribution is 5.95. The fourth-order valence-corrected chi connectivity index (χ4v) is 6.51. The van der Waals surface area contributed by atoms with Gasteiger partial charge in [-0.2, -0.15) is 0 Å². The first-order chi connectivity index (χ1) is 19.8. The van der Waals surface area contributed by atoms with Gasteiger partial charge in [-0.25, -0.2) is 9.97 Å². The molecule has 1 heterocycles. The van der Waals surface area contributed by atoms with Gasteiger partial charge < -0.3 is 19.6 Å². The van der Waals surface area contributed by atoms with E-state index in [0.29, 0.717) is 30.6 Å². The first kappa shape index (κ1) is 29.1. The molecule has 2 aliphatic carbocycles. The van der Waals surface area contributed by atoms with E-state index in [4.69, 9.17) is 4.74 Å². The minimum absolute atomic E-state index is 0.0385. The van der Waals surface area contributed by atoms with Crippen LogP contribution in [0.5, 0.6) is 5.75 Å². The summed E-state index contributed by atoms with van der Waals surface area (Å²) in [4.78, 5) is 26.9. The standard InChI is InChI=1S/C34H44N4O3/c1-23-18-28(14-17-32(23)41-4)25-10-8-24(9-11-25)22-38(33(40)26-12-15-31(39)16-13-26)30-7-5-6-27(19-30)29-20-35-34(36-21-29)37(2)3/h5-7,14,17-21,24-26,31,39H,8-13,15-16,22H2,1-4H3. The van der Waals surface area contributed by atoms with Crippen molar-refractivity contribution in [3.63, 3.8) is 0 Å². The maximum absolute atomic E-state index is 14.0. The molecule has 2 saturated carbocycles. The lowest BCUT2D eigenvalue weighted by atomic mass is 9.78. The maximum atomic E-state index is 14.0. The number of carbonyl (C=O) groups is 1. The van der Waals surface area contributed by atoms with Gasteiger partial charge in [0.15, 0.2) is 0 Å². The Morgan fingerprint density at radius 1 is 0.927 bits per heavy atom. The molecule has 1 aromatic heterocycles. The van der Waals surface area contributed by atoms with Crippen LogP contribution in [0.15, 0.2) is 54.9 Å². The average Bonchev–Trinajstić information content (AvgIpc) is 3.00. The molecular formula is C34H44N4O3. The number of anilines is 2. The Bertz CT molecular complexity index is 1310. The van der Waals surface area contributed by atoms with Gasteiger partial charge in [-0.05, 0) is 105 Å². The molecule has 2 aromatic carbocycles. The average molecular weight is 557 g/mol. The van der Waals surface area contributed by atoms with Crippen molar-refractivity contribution in [1.29, 1.82) is 0 Å². The summed E-state index contributed by atoms with van der Waals surface area (Å²) < 4.78 is 5.46. The SMILES string of the molecule is COc1ccc(C2CCC(CN(C(=O)C3CCC(O)CC3)c3cccc(-c4cnc(N(C)C)nc4)c3)CC2)cc1C. The number of aliphatic hydroxyl groups is 1. The number of hydrogen-bond donors (Lipinski definition) is 1. The second-order valence-corrected chi connectivity index (χ2v) is 12.1. The Balaban J connectivity index is 1.34. The van der Waals surface area contributed by atoms with Crippen LogP contribution < -0.4 is 14.5 Å². The first-order valence-electron chi connectivity index (χ1n) is 15.1. The van der Waals surface area contributed by atoms with Crippen LogP contribution in [0.25, 0.3) is 11.1 Å². The summed E-state index contributed by atoms with van der Waals surface area (Å²) in [7, 11) is 5.57.